The smallest absolute Gasteiger partial charge is 0.317 e. The molecule has 0 unspecified atom stereocenters. The molecule has 0 amide bonds. The highest BCUT2D eigenvalue weighted by atomic mass is 19.1. The largest absolute Gasteiger partial charge is 0.480 e. The van der Waals surface area contributed by atoms with Crippen molar-refractivity contribution in [3.63, 3.8) is 0 Å². The van der Waals surface area contributed by atoms with Gasteiger partial charge in [0, 0.05) is 6.54 Å². The molecule has 1 fully saturated rings. The predicted octanol–water partition coefficient (Wildman–Crippen LogP) is 2.55. The molecule has 2 rings (SSSR count). The molecule has 1 aromatic carbocycles. The normalized spacial score (nSPS) is 20.4. The minimum absolute atomic E-state index is 0.121. The number of piperidine rings is 1. The van der Waals surface area contributed by atoms with Crippen LogP contribution < -0.4 is 0 Å². The molecule has 0 radical (unpaired) electrons. The Kier molecular flexibility index (Phi) is 4.91. The molecular weight excluding hydrogens is 245 g/mol. The Morgan fingerprint density at radius 2 is 2.21 bits per heavy atom. The zero-order valence-corrected chi connectivity index (χ0v) is 11.0. The quantitative estimate of drug-likeness (QED) is 0.889. The second-order valence-electron chi connectivity index (χ2n) is 5.27. The van der Waals surface area contributed by atoms with Crippen LogP contribution >= 0.6 is 0 Å². The maximum absolute atomic E-state index is 13.5. The summed E-state index contributed by atoms with van der Waals surface area (Å²) >= 11 is 0. The zero-order chi connectivity index (χ0) is 13.7. The third kappa shape index (κ3) is 4.31. The topological polar surface area (TPSA) is 40.5 Å². The molecule has 0 aliphatic carbocycles. The molecule has 0 bridgehead atoms. The number of carboxylic acid groups (broad SMARTS) is 1. The average molecular weight is 265 g/mol. The van der Waals surface area contributed by atoms with Gasteiger partial charge in [-0.3, -0.25) is 9.69 Å². The van der Waals surface area contributed by atoms with E-state index in [4.69, 9.17) is 5.11 Å². The Balaban J connectivity index is 1.82. The third-order valence-electron chi connectivity index (χ3n) is 3.74. The fourth-order valence-electron chi connectivity index (χ4n) is 2.78. The lowest BCUT2D eigenvalue weighted by molar-refractivity contribution is -0.138. The van der Waals surface area contributed by atoms with Crippen molar-refractivity contribution in [2.45, 2.75) is 25.7 Å². The summed E-state index contributed by atoms with van der Waals surface area (Å²) < 4.78 is 13.5. The van der Waals surface area contributed by atoms with Crippen molar-refractivity contribution >= 4 is 5.97 Å². The second kappa shape index (κ2) is 6.66. The van der Waals surface area contributed by atoms with Crippen molar-refractivity contribution in [3.8, 4) is 0 Å². The summed E-state index contributed by atoms with van der Waals surface area (Å²) in [5.74, 6) is -0.428. The van der Waals surface area contributed by atoms with Gasteiger partial charge in [0.1, 0.15) is 5.82 Å². The summed E-state index contributed by atoms with van der Waals surface area (Å²) in [6.45, 7) is 1.81. The van der Waals surface area contributed by atoms with Gasteiger partial charge in [0.2, 0.25) is 0 Å². The number of benzene rings is 1. The Labute approximate surface area is 113 Å². The van der Waals surface area contributed by atoms with Gasteiger partial charge in [0.15, 0.2) is 0 Å². The van der Waals surface area contributed by atoms with E-state index in [1.807, 2.05) is 17.0 Å². The number of nitrogens with zero attached hydrogens (tertiary/aromatic N) is 1. The molecule has 1 aliphatic heterocycles. The first-order valence-corrected chi connectivity index (χ1v) is 6.82. The summed E-state index contributed by atoms with van der Waals surface area (Å²) in [6, 6.07) is 6.88. The van der Waals surface area contributed by atoms with Crippen LogP contribution in [0.25, 0.3) is 0 Å². The van der Waals surface area contributed by atoms with Crippen molar-refractivity contribution in [2.24, 2.45) is 5.92 Å². The number of hydrogen-bond acceptors (Lipinski definition) is 2. The van der Waals surface area contributed by atoms with Crippen LogP contribution in [0.3, 0.4) is 0 Å². The maximum Gasteiger partial charge on any atom is 0.317 e. The van der Waals surface area contributed by atoms with E-state index in [9.17, 15) is 9.18 Å². The van der Waals surface area contributed by atoms with E-state index < -0.39 is 5.97 Å². The summed E-state index contributed by atoms with van der Waals surface area (Å²) in [5.41, 5.74) is 0.762. The highest BCUT2D eigenvalue weighted by Crippen LogP contribution is 2.22. The summed E-state index contributed by atoms with van der Waals surface area (Å²) in [7, 11) is 0. The van der Waals surface area contributed by atoms with Gasteiger partial charge < -0.3 is 5.11 Å². The lowest BCUT2D eigenvalue weighted by Gasteiger charge is -2.31. The molecule has 1 aliphatic rings. The van der Waals surface area contributed by atoms with E-state index in [0.717, 1.165) is 44.3 Å². The minimum Gasteiger partial charge on any atom is -0.480 e. The molecule has 1 aromatic rings. The van der Waals surface area contributed by atoms with E-state index in [2.05, 4.69) is 0 Å². The molecule has 0 spiro atoms. The molecule has 1 heterocycles. The number of hydrogen-bond donors (Lipinski definition) is 1. The fraction of sp³-hybridized carbons (Fsp3) is 0.533. The first kappa shape index (κ1) is 14.0. The Morgan fingerprint density at radius 3 is 2.95 bits per heavy atom. The van der Waals surface area contributed by atoms with Crippen molar-refractivity contribution in [2.75, 3.05) is 19.6 Å². The van der Waals surface area contributed by atoms with Gasteiger partial charge in [0.25, 0.3) is 0 Å². The van der Waals surface area contributed by atoms with Crippen molar-refractivity contribution in [1.82, 2.24) is 4.90 Å². The SMILES string of the molecule is O=C(O)CN1CCC[C@@H](CCc2ccccc2F)C1. The van der Waals surface area contributed by atoms with Crippen LogP contribution in [0.5, 0.6) is 0 Å². The number of rotatable bonds is 5. The van der Waals surface area contributed by atoms with Gasteiger partial charge in [-0.1, -0.05) is 18.2 Å². The van der Waals surface area contributed by atoms with Crippen LogP contribution in [0.1, 0.15) is 24.8 Å². The number of likely N-dealkylation sites (tertiary alicyclic amines) is 1. The highest BCUT2D eigenvalue weighted by Gasteiger charge is 2.21. The highest BCUT2D eigenvalue weighted by molar-refractivity contribution is 5.69. The molecule has 1 N–H and O–H groups in total. The maximum atomic E-state index is 13.5. The molecule has 19 heavy (non-hydrogen) atoms. The molecule has 1 saturated heterocycles. The monoisotopic (exact) mass is 265 g/mol. The first-order valence-electron chi connectivity index (χ1n) is 6.82. The van der Waals surface area contributed by atoms with Crippen LogP contribution in [0.2, 0.25) is 0 Å². The minimum atomic E-state index is -0.769. The van der Waals surface area contributed by atoms with Crippen molar-refractivity contribution in [3.05, 3.63) is 35.6 Å². The molecule has 0 aromatic heterocycles. The van der Waals surface area contributed by atoms with Crippen LogP contribution in [-0.2, 0) is 11.2 Å². The zero-order valence-electron chi connectivity index (χ0n) is 11.0. The number of carboxylic acids is 1. The molecule has 3 nitrogen and oxygen atoms in total. The summed E-state index contributed by atoms with van der Waals surface area (Å²) in [6.07, 6.45) is 3.81. The number of halogens is 1. The molecular formula is C15H20FNO2. The first-order chi connectivity index (χ1) is 9.15. The number of aliphatic carboxylic acids is 1. The van der Waals surface area contributed by atoms with Gasteiger partial charge in [-0.2, -0.15) is 0 Å². The predicted molar refractivity (Wildman–Crippen MR) is 71.5 cm³/mol. The van der Waals surface area contributed by atoms with E-state index >= 15 is 0 Å². The summed E-state index contributed by atoms with van der Waals surface area (Å²) in [4.78, 5) is 12.7. The Bertz CT molecular complexity index is 436. The molecule has 1 atom stereocenters. The fourth-order valence-corrected chi connectivity index (χ4v) is 2.78. The van der Waals surface area contributed by atoms with Crippen LogP contribution in [0.4, 0.5) is 4.39 Å². The van der Waals surface area contributed by atoms with Crippen molar-refractivity contribution < 1.29 is 14.3 Å². The third-order valence-corrected chi connectivity index (χ3v) is 3.74. The van der Waals surface area contributed by atoms with Gasteiger partial charge >= 0.3 is 5.97 Å². The number of carbonyl (C=O) groups is 1. The number of aryl methyl sites for hydroxylation is 1. The molecule has 104 valence electrons. The van der Waals surface area contributed by atoms with E-state index in [-0.39, 0.29) is 12.4 Å². The van der Waals surface area contributed by atoms with Crippen molar-refractivity contribution in [1.29, 1.82) is 0 Å². The lowest BCUT2D eigenvalue weighted by Crippen LogP contribution is -2.38. The van der Waals surface area contributed by atoms with E-state index in [1.165, 1.54) is 6.07 Å². The standard InChI is InChI=1S/C15H20FNO2/c16-14-6-2-1-5-13(14)8-7-12-4-3-9-17(10-12)11-15(18)19/h1-2,5-6,12H,3-4,7-11H2,(H,18,19)/t12-/m0/s1. The van der Waals surface area contributed by atoms with Crippen LogP contribution in [0, 0.1) is 11.7 Å². The molecule has 4 heteroatoms. The van der Waals surface area contributed by atoms with Crippen LogP contribution in [-0.4, -0.2) is 35.6 Å². The van der Waals surface area contributed by atoms with Gasteiger partial charge in [-0.25, -0.2) is 4.39 Å². The lowest BCUT2D eigenvalue weighted by atomic mass is 9.91. The van der Waals surface area contributed by atoms with E-state index in [0.29, 0.717) is 5.92 Å². The summed E-state index contributed by atoms with van der Waals surface area (Å²) in [5, 5.41) is 8.81. The van der Waals surface area contributed by atoms with Gasteiger partial charge in [-0.05, 0) is 49.8 Å². The Morgan fingerprint density at radius 1 is 1.42 bits per heavy atom. The second-order valence-corrected chi connectivity index (χ2v) is 5.27. The molecule has 0 saturated carbocycles. The van der Waals surface area contributed by atoms with Gasteiger partial charge in [-0.15, -0.1) is 0 Å². The van der Waals surface area contributed by atoms with Crippen LogP contribution in [0.15, 0.2) is 24.3 Å². The average Bonchev–Trinajstić information content (AvgIpc) is 2.37. The van der Waals surface area contributed by atoms with Gasteiger partial charge in [0.05, 0.1) is 6.54 Å². The van der Waals surface area contributed by atoms with E-state index in [1.54, 1.807) is 6.07 Å². The Hall–Kier alpha value is -1.42.